The molecule has 1 aliphatic rings. The molecule has 14 nitrogen and oxygen atoms in total. The summed E-state index contributed by atoms with van der Waals surface area (Å²) in [4.78, 5) is 42.3. The Morgan fingerprint density at radius 3 is 2.34 bits per heavy atom. The summed E-state index contributed by atoms with van der Waals surface area (Å²) in [6, 6.07) is 6.19. The number of methoxy groups -OCH3 is 3. The SMILES string of the molecule is COc1cc(Nc2ncc(F)c(Nc3ccc4c(n3)N(OCP(C)(=O)[O-])C(=O)C(C)(C)O4)n2)cc(OC)c1OC.[Na+]. The van der Waals surface area contributed by atoms with E-state index in [0.29, 0.717) is 22.9 Å². The monoisotopic (exact) mass is 600 g/mol. The number of rotatable bonds is 10. The van der Waals surface area contributed by atoms with Crippen molar-refractivity contribution in [2.45, 2.75) is 19.4 Å². The smallest absolute Gasteiger partial charge is 0.798 e. The molecule has 0 bridgehead atoms. The van der Waals surface area contributed by atoms with Crippen LogP contribution in [0.3, 0.4) is 0 Å². The van der Waals surface area contributed by atoms with Crippen molar-refractivity contribution in [3.05, 3.63) is 36.3 Å². The number of pyridine rings is 1. The molecule has 17 heteroatoms. The number of carbonyl (C=O) groups is 1. The number of hydroxylamine groups is 1. The maximum atomic E-state index is 14.7. The molecule has 1 atom stereocenters. The molecule has 0 aliphatic carbocycles. The van der Waals surface area contributed by atoms with Crippen LogP contribution in [0.25, 0.3) is 0 Å². The molecule has 0 saturated heterocycles. The third-order valence-electron chi connectivity index (χ3n) is 5.43. The van der Waals surface area contributed by atoms with Gasteiger partial charge in [-0.3, -0.25) is 9.63 Å². The molecular weight excluding hydrogens is 573 g/mol. The van der Waals surface area contributed by atoms with E-state index < -0.39 is 31.0 Å². The molecule has 0 spiro atoms. The normalized spacial score (nSPS) is 15.0. The zero-order valence-electron chi connectivity index (χ0n) is 23.5. The van der Waals surface area contributed by atoms with Crippen LogP contribution >= 0.6 is 7.37 Å². The standard InChI is InChI=1S/C24H28FN6O8P.Na/c1-24(2)22(32)31(38-12-40(6,33)34)21-15(39-24)7-8-18(29-21)28-20-14(25)11-26-23(30-20)27-13-9-16(35-3)19(37-5)17(10-13)36-4;/h7-11H,12H2,1-6H3,(H,33,34)(H2,26,27,28,29,30);/q;+1/p-1. The predicted molar refractivity (Wildman–Crippen MR) is 141 cm³/mol. The van der Waals surface area contributed by atoms with Gasteiger partial charge in [-0.05, 0) is 32.6 Å². The minimum Gasteiger partial charge on any atom is -0.798 e. The van der Waals surface area contributed by atoms with Crippen LogP contribution in [0.4, 0.5) is 33.5 Å². The summed E-state index contributed by atoms with van der Waals surface area (Å²) in [5.74, 6) is -0.455. The van der Waals surface area contributed by atoms with Crippen molar-refractivity contribution in [3.63, 3.8) is 0 Å². The van der Waals surface area contributed by atoms with Crippen LogP contribution in [-0.2, 0) is 14.2 Å². The quantitative estimate of drug-likeness (QED) is 0.239. The van der Waals surface area contributed by atoms with Crippen LogP contribution < -0.4 is 69.1 Å². The molecule has 1 amide bonds. The van der Waals surface area contributed by atoms with Crippen molar-refractivity contribution in [3.8, 4) is 23.0 Å². The number of benzene rings is 1. The van der Waals surface area contributed by atoms with Gasteiger partial charge in [0.05, 0.1) is 27.5 Å². The van der Waals surface area contributed by atoms with E-state index in [9.17, 15) is 18.6 Å². The second-order valence-corrected chi connectivity index (χ2v) is 11.3. The van der Waals surface area contributed by atoms with Gasteiger partial charge in [0.2, 0.25) is 17.5 Å². The summed E-state index contributed by atoms with van der Waals surface area (Å²) in [6.45, 7) is 3.99. The summed E-state index contributed by atoms with van der Waals surface area (Å²) in [7, 11) is 0.531. The number of anilines is 5. The number of ether oxygens (including phenoxy) is 4. The number of fused-ring (bicyclic) bond motifs is 1. The minimum absolute atomic E-state index is 0. The molecule has 3 heterocycles. The summed E-state index contributed by atoms with van der Waals surface area (Å²) in [6.07, 6.45) is 0.204. The fourth-order valence-electron chi connectivity index (χ4n) is 3.59. The molecule has 4 rings (SSSR count). The first-order valence-electron chi connectivity index (χ1n) is 11.7. The van der Waals surface area contributed by atoms with E-state index in [1.165, 1.54) is 47.3 Å². The Hall–Kier alpha value is -3.20. The van der Waals surface area contributed by atoms with Gasteiger partial charge in [0.1, 0.15) is 12.2 Å². The largest absolute Gasteiger partial charge is 1.00 e. The van der Waals surface area contributed by atoms with E-state index in [1.54, 1.807) is 12.1 Å². The summed E-state index contributed by atoms with van der Waals surface area (Å²) in [5, 5.41) is 6.43. The van der Waals surface area contributed by atoms with Crippen molar-refractivity contribution in [2.75, 3.05) is 50.0 Å². The molecular formula is C24H27FN6NaO8P. The van der Waals surface area contributed by atoms with Gasteiger partial charge >= 0.3 is 29.6 Å². The molecule has 2 aromatic heterocycles. The first kappa shape index (κ1) is 32.3. The van der Waals surface area contributed by atoms with Crippen LogP contribution in [-0.4, -0.2) is 60.8 Å². The molecule has 0 fully saturated rings. The Labute approximate surface area is 257 Å². The average molecular weight is 600 g/mol. The molecule has 1 unspecified atom stereocenters. The van der Waals surface area contributed by atoms with Gasteiger partial charge in [0.25, 0.3) is 5.91 Å². The second-order valence-electron chi connectivity index (χ2n) is 9.06. The molecule has 3 aromatic rings. The molecule has 1 aliphatic heterocycles. The summed E-state index contributed by atoms with van der Waals surface area (Å²) < 4.78 is 48.1. The molecule has 214 valence electrons. The second kappa shape index (κ2) is 12.8. The van der Waals surface area contributed by atoms with Crippen molar-refractivity contribution in [1.29, 1.82) is 0 Å². The van der Waals surface area contributed by atoms with Crippen molar-refractivity contribution in [2.24, 2.45) is 0 Å². The van der Waals surface area contributed by atoms with Gasteiger partial charge in [-0.25, -0.2) is 14.4 Å². The molecule has 0 saturated carbocycles. The minimum atomic E-state index is -3.88. The zero-order chi connectivity index (χ0) is 29.2. The Morgan fingerprint density at radius 2 is 1.76 bits per heavy atom. The number of nitrogens with one attached hydrogen (secondary N) is 2. The maximum absolute atomic E-state index is 14.7. The van der Waals surface area contributed by atoms with Crippen molar-refractivity contribution < 1.29 is 72.0 Å². The van der Waals surface area contributed by atoms with Crippen LogP contribution in [0.2, 0.25) is 0 Å². The molecule has 0 radical (unpaired) electrons. The van der Waals surface area contributed by atoms with Crippen molar-refractivity contribution in [1.82, 2.24) is 15.0 Å². The Morgan fingerprint density at radius 1 is 1.10 bits per heavy atom. The topological polar surface area (TPSA) is 169 Å². The third kappa shape index (κ3) is 7.36. The average Bonchev–Trinajstić information content (AvgIpc) is 2.89. The fourth-order valence-corrected chi connectivity index (χ4v) is 3.92. The van der Waals surface area contributed by atoms with E-state index in [2.05, 4.69) is 25.6 Å². The van der Waals surface area contributed by atoms with Crippen LogP contribution in [0, 0.1) is 5.82 Å². The van der Waals surface area contributed by atoms with E-state index >= 15 is 0 Å². The summed E-state index contributed by atoms with van der Waals surface area (Å²) >= 11 is 0. The van der Waals surface area contributed by atoms with E-state index in [1.807, 2.05) is 0 Å². The van der Waals surface area contributed by atoms with E-state index in [4.69, 9.17) is 23.8 Å². The number of nitrogens with zero attached hydrogens (tertiary/aromatic N) is 4. The number of hydrogen-bond donors (Lipinski definition) is 2. The number of carbonyl (C=O) groups excluding carboxylic acids is 1. The summed E-state index contributed by atoms with van der Waals surface area (Å²) in [5.41, 5.74) is -0.882. The first-order chi connectivity index (χ1) is 18.8. The van der Waals surface area contributed by atoms with Gasteiger partial charge in [0.15, 0.2) is 34.5 Å². The Kier molecular flexibility index (Phi) is 10.1. The van der Waals surface area contributed by atoms with Crippen LogP contribution in [0.15, 0.2) is 30.5 Å². The Bertz CT molecular complexity index is 1470. The van der Waals surface area contributed by atoms with Crippen molar-refractivity contribution >= 4 is 42.4 Å². The van der Waals surface area contributed by atoms with Gasteiger partial charge in [-0.1, -0.05) is 0 Å². The van der Waals surface area contributed by atoms with Gasteiger partial charge in [0, 0.05) is 25.2 Å². The van der Waals surface area contributed by atoms with Gasteiger partial charge < -0.3 is 39.0 Å². The third-order valence-corrected chi connectivity index (χ3v) is 6.01. The van der Waals surface area contributed by atoms with E-state index in [-0.39, 0.29) is 58.7 Å². The predicted octanol–water partition coefficient (Wildman–Crippen LogP) is 0.189. The maximum Gasteiger partial charge on any atom is 1.00 e. The fraction of sp³-hybridized carbons (Fsp3) is 0.333. The zero-order valence-corrected chi connectivity index (χ0v) is 26.4. The molecule has 1 aromatic carbocycles. The van der Waals surface area contributed by atoms with Crippen LogP contribution in [0.1, 0.15) is 13.8 Å². The van der Waals surface area contributed by atoms with Crippen LogP contribution in [0.5, 0.6) is 23.0 Å². The number of halogens is 1. The van der Waals surface area contributed by atoms with Gasteiger partial charge in [-0.2, -0.15) is 10.0 Å². The number of aromatic nitrogens is 3. The Balaban J connectivity index is 0.00000462. The number of amides is 1. The molecule has 2 N–H and O–H groups in total. The number of hydrogen-bond acceptors (Lipinski definition) is 13. The first-order valence-corrected chi connectivity index (χ1v) is 13.9. The van der Waals surface area contributed by atoms with Gasteiger partial charge in [-0.15, -0.1) is 0 Å². The van der Waals surface area contributed by atoms with E-state index in [0.717, 1.165) is 17.9 Å². The molecule has 41 heavy (non-hydrogen) atoms.